The van der Waals surface area contributed by atoms with Gasteiger partial charge in [0.15, 0.2) is 0 Å². The lowest BCUT2D eigenvalue weighted by Gasteiger charge is -2.10. The SMILES string of the molecule is CC[C@@H](N)c1ccc(Oc2cccc(CO)c2)cn1. The summed E-state index contributed by atoms with van der Waals surface area (Å²) < 4.78 is 5.67. The van der Waals surface area contributed by atoms with Crippen LogP contribution in [0.3, 0.4) is 0 Å². The van der Waals surface area contributed by atoms with E-state index in [-0.39, 0.29) is 12.6 Å². The minimum Gasteiger partial charge on any atom is -0.456 e. The van der Waals surface area contributed by atoms with Gasteiger partial charge in [0.2, 0.25) is 0 Å². The van der Waals surface area contributed by atoms with E-state index in [1.165, 1.54) is 0 Å². The van der Waals surface area contributed by atoms with Gasteiger partial charge in [-0.3, -0.25) is 4.98 Å². The number of aliphatic hydroxyl groups excluding tert-OH is 1. The lowest BCUT2D eigenvalue weighted by molar-refractivity contribution is 0.281. The highest BCUT2D eigenvalue weighted by Crippen LogP contribution is 2.22. The molecule has 0 spiro atoms. The summed E-state index contributed by atoms with van der Waals surface area (Å²) in [4.78, 5) is 4.29. The van der Waals surface area contributed by atoms with Crippen molar-refractivity contribution in [3.63, 3.8) is 0 Å². The number of nitrogens with two attached hydrogens (primary N) is 1. The van der Waals surface area contributed by atoms with Gasteiger partial charge < -0.3 is 15.6 Å². The molecule has 1 aromatic heterocycles. The van der Waals surface area contributed by atoms with Crippen molar-refractivity contribution in [1.82, 2.24) is 4.98 Å². The van der Waals surface area contributed by atoms with Gasteiger partial charge in [-0.05, 0) is 36.2 Å². The normalized spacial score (nSPS) is 12.2. The number of benzene rings is 1. The Bertz CT molecular complexity index is 526. The highest BCUT2D eigenvalue weighted by Gasteiger charge is 2.05. The Balaban J connectivity index is 2.10. The van der Waals surface area contributed by atoms with Crippen LogP contribution >= 0.6 is 0 Å². The number of hydrogen-bond acceptors (Lipinski definition) is 4. The third-order valence-corrected chi connectivity index (χ3v) is 2.90. The highest BCUT2D eigenvalue weighted by molar-refractivity contribution is 5.33. The van der Waals surface area contributed by atoms with E-state index >= 15 is 0 Å². The molecular weight excluding hydrogens is 240 g/mol. The molecule has 100 valence electrons. The molecule has 1 aromatic carbocycles. The first-order chi connectivity index (χ1) is 9.22. The lowest BCUT2D eigenvalue weighted by Crippen LogP contribution is -2.10. The second kappa shape index (κ2) is 6.31. The molecule has 19 heavy (non-hydrogen) atoms. The number of ether oxygens (including phenoxy) is 1. The predicted octanol–water partition coefficient (Wildman–Crippen LogP) is 2.78. The van der Waals surface area contributed by atoms with Crippen LogP contribution in [0.15, 0.2) is 42.6 Å². The van der Waals surface area contributed by atoms with Crippen molar-refractivity contribution in [2.24, 2.45) is 5.73 Å². The first-order valence-electron chi connectivity index (χ1n) is 6.32. The quantitative estimate of drug-likeness (QED) is 0.865. The van der Waals surface area contributed by atoms with E-state index in [1.54, 1.807) is 12.3 Å². The standard InChI is InChI=1S/C15H18N2O2/c1-2-14(16)15-7-6-13(9-17-15)19-12-5-3-4-11(8-12)10-18/h3-9,14,18H,2,10,16H2,1H3/t14-/m1/s1. The van der Waals surface area contributed by atoms with Gasteiger partial charge in [-0.1, -0.05) is 19.1 Å². The number of rotatable bonds is 5. The maximum Gasteiger partial charge on any atom is 0.145 e. The van der Waals surface area contributed by atoms with Crippen LogP contribution in [0.1, 0.15) is 30.6 Å². The highest BCUT2D eigenvalue weighted by atomic mass is 16.5. The fraction of sp³-hybridized carbons (Fsp3) is 0.267. The van der Waals surface area contributed by atoms with Crippen molar-refractivity contribution < 1.29 is 9.84 Å². The summed E-state index contributed by atoms with van der Waals surface area (Å²) in [5.74, 6) is 1.34. The number of aliphatic hydroxyl groups is 1. The Labute approximate surface area is 112 Å². The molecule has 4 nitrogen and oxygen atoms in total. The molecule has 0 saturated carbocycles. The number of hydrogen-bond donors (Lipinski definition) is 2. The van der Waals surface area contributed by atoms with E-state index in [9.17, 15) is 0 Å². The van der Waals surface area contributed by atoms with Crippen molar-refractivity contribution in [2.45, 2.75) is 26.0 Å². The molecule has 0 radical (unpaired) electrons. The van der Waals surface area contributed by atoms with E-state index in [1.807, 2.05) is 37.3 Å². The molecule has 2 rings (SSSR count). The van der Waals surface area contributed by atoms with Crippen LogP contribution in [0.2, 0.25) is 0 Å². The Kier molecular flexibility index (Phi) is 4.49. The van der Waals surface area contributed by atoms with Crippen molar-refractivity contribution in [1.29, 1.82) is 0 Å². The van der Waals surface area contributed by atoms with E-state index < -0.39 is 0 Å². The third kappa shape index (κ3) is 3.53. The van der Waals surface area contributed by atoms with Crippen LogP contribution in [-0.4, -0.2) is 10.1 Å². The number of aromatic nitrogens is 1. The summed E-state index contributed by atoms with van der Waals surface area (Å²) in [5, 5.41) is 9.07. The molecule has 1 atom stereocenters. The number of pyridine rings is 1. The van der Waals surface area contributed by atoms with Gasteiger partial charge in [0.25, 0.3) is 0 Å². The maximum atomic E-state index is 9.07. The van der Waals surface area contributed by atoms with E-state index in [4.69, 9.17) is 15.6 Å². The molecule has 0 aliphatic carbocycles. The average molecular weight is 258 g/mol. The minimum absolute atomic E-state index is 0.000257. The zero-order valence-electron chi connectivity index (χ0n) is 10.9. The Morgan fingerprint density at radius 2 is 2.11 bits per heavy atom. The second-order valence-corrected chi connectivity index (χ2v) is 4.34. The molecule has 0 saturated heterocycles. The second-order valence-electron chi connectivity index (χ2n) is 4.34. The zero-order valence-corrected chi connectivity index (χ0v) is 10.9. The van der Waals surface area contributed by atoms with Gasteiger partial charge in [0, 0.05) is 6.04 Å². The van der Waals surface area contributed by atoms with Crippen molar-refractivity contribution in [3.05, 3.63) is 53.9 Å². The predicted molar refractivity (Wildman–Crippen MR) is 73.9 cm³/mol. The van der Waals surface area contributed by atoms with Gasteiger partial charge in [-0.25, -0.2) is 0 Å². The van der Waals surface area contributed by atoms with Crippen LogP contribution in [0, 0.1) is 0 Å². The molecule has 4 heteroatoms. The van der Waals surface area contributed by atoms with Crippen LogP contribution in [0.5, 0.6) is 11.5 Å². The molecule has 2 aromatic rings. The number of nitrogens with zero attached hydrogens (tertiary/aromatic N) is 1. The molecule has 0 unspecified atom stereocenters. The van der Waals surface area contributed by atoms with Gasteiger partial charge in [-0.15, -0.1) is 0 Å². The Hall–Kier alpha value is -1.91. The lowest BCUT2D eigenvalue weighted by atomic mass is 10.1. The van der Waals surface area contributed by atoms with Crippen LogP contribution in [-0.2, 0) is 6.61 Å². The molecular formula is C15H18N2O2. The summed E-state index contributed by atoms with van der Waals surface area (Å²) >= 11 is 0. The smallest absolute Gasteiger partial charge is 0.145 e. The fourth-order valence-electron chi connectivity index (χ4n) is 1.72. The Morgan fingerprint density at radius 3 is 2.74 bits per heavy atom. The van der Waals surface area contributed by atoms with Gasteiger partial charge in [-0.2, -0.15) is 0 Å². The molecule has 0 aliphatic rings. The average Bonchev–Trinajstić information content (AvgIpc) is 2.47. The first-order valence-corrected chi connectivity index (χ1v) is 6.32. The third-order valence-electron chi connectivity index (χ3n) is 2.90. The fourth-order valence-corrected chi connectivity index (χ4v) is 1.72. The first kappa shape index (κ1) is 13.5. The van der Waals surface area contributed by atoms with Crippen molar-refractivity contribution in [2.75, 3.05) is 0 Å². The summed E-state index contributed by atoms with van der Waals surface area (Å²) in [5.41, 5.74) is 7.58. The maximum absolute atomic E-state index is 9.07. The minimum atomic E-state index is -0.0354. The monoisotopic (exact) mass is 258 g/mol. The van der Waals surface area contributed by atoms with E-state index in [0.717, 1.165) is 17.7 Å². The van der Waals surface area contributed by atoms with Crippen LogP contribution in [0.25, 0.3) is 0 Å². The van der Waals surface area contributed by atoms with E-state index in [0.29, 0.717) is 11.5 Å². The van der Waals surface area contributed by atoms with Gasteiger partial charge >= 0.3 is 0 Å². The van der Waals surface area contributed by atoms with Gasteiger partial charge in [0.1, 0.15) is 11.5 Å². The van der Waals surface area contributed by atoms with Crippen molar-refractivity contribution >= 4 is 0 Å². The molecule has 1 heterocycles. The zero-order chi connectivity index (χ0) is 13.7. The van der Waals surface area contributed by atoms with E-state index in [2.05, 4.69) is 4.98 Å². The molecule has 0 amide bonds. The summed E-state index contributed by atoms with van der Waals surface area (Å²) in [7, 11) is 0. The largest absolute Gasteiger partial charge is 0.456 e. The van der Waals surface area contributed by atoms with Gasteiger partial charge in [0.05, 0.1) is 18.5 Å². The molecule has 3 N–H and O–H groups in total. The topological polar surface area (TPSA) is 68.4 Å². The summed E-state index contributed by atoms with van der Waals surface area (Å²) in [6.45, 7) is 2.02. The molecule has 0 aliphatic heterocycles. The Morgan fingerprint density at radius 1 is 1.26 bits per heavy atom. The molecule has 0 fully saturated rings. The van der Waals surface area contributed by atoms with Crippen LogP contribution in [0.4, 0.5) is 0 Å². The summed E-state index contributed by atoms with van der Waals surface area (Å²) in [6, 6.07) is 11.0. The molecule has 0 bridgehead atoms. The van der Waals surface area contributed by atoms with Crippen LogP contribution < -0.4 is 10.5 Å². The summed E-state index contributed by atoms with van der Waals surface area (Å²) in [6.07, 6.45) is 2.52. The van der Waals surface area contributed by atoms with Crippen molar-refractivity contribution in [3.8, 4) is 11.5 Å².